The normalized spacial score (nSPS) is 10.5. The van der Waals surface area contributed by atoms with Gasteiger partial charge >= 0.3 is 0 Å². The Hall–Kier alpha value is -4.73. The Morgan fingerprint density at radius 2 is 1.58 bits per heavy atom. The number of carbonyl (C=O) groups is 2. The molecule has 4 rings (SSSR count). The molecular formula is C26H26N6O4. The van der Waals surface area contributed by atoms with E-state index in [0.29, 0.717) is 40.7 Å². The van der Waals surface area contributed by atoms with Gasteiger partial charge in [0.2, 0.25) is 11.7 Å². The van der Waals surface area contributed by atoms with Crippen LogP contribution in [0.1, 0.15) is 15.9 Å². The molecule has 3 aromatic carbocycles. The lowest BCUT2D eigenvalue weighted by molar-refractivity contribution is -0.122. The Kier molecular flexibility index (Phi) is 7.87. The first-order chi connectivity index (χ1) is 17.6. The fourth-order valence-corrected chi connectivity index (χ4v) is 3.57. The highest BCUT2D eigenvalue weighted by molar-refractivity contribution is 6.08. The zero-order valence-corrected chi connectivity index (χ0v) is 20.0. The quantitative estimate of drug-likeness (QED) is 0.354. The van der Waals surface area contributed by atoms with E-state index in [4.69, 9.17) is 9.47 Å². The fourth-order valence-electron chi connectivity index (χ4n) is 3.57. The second kappa shape index (κ2) is 11.6. The molecule has 0 saturated heterocycles. The van der Waals surface area contributed by atoms with Crippen molar-refractivity contribution < 1.29 is 19.1 Å². The van der Waals surface area contributed by atoms with E-state index in [1.807, 2.05) is 30.3 Å². The molecule has 1 aromatic heterocycles. The van der Waals surface area contributed by atoms with Crippen molar-refractivity contribution in [2.75, 3.05) is 26.1 Å². The molecule has 2 N–H and O–H groups in total. The number of hydrogen-bond acceptors (Lipinski definition) is 7. The van der Waals surface area contributed by atoms with Crippen molar-refractivity contribution in [3.05, 3.63) is 83.9 Å². The van der Waals surface area contributed by atoms with E-state index >= 15 is 0 Å². The Labute approximate surface area is 208 Å². The van der Waals surface area contributed by atoms with Crippen LogP contribution >= 0.6 is 0 Å². The maximum atomic E-state index is 12.8. The number of hydrogen-bond donors (Lipinski definition) is 2. The summed E-state index contributed by atoms with van der Waals surface area (Å²) in [6.07, 6.45) is 0.745. The summed E-state index contributed by atoms with van der Waals surface area (Å²) < 4.78 is 10.6. The van der Waals surface area contributed by atoms with Gasteiger partial charge in [-0.3, -0.25) is 9.59 Å². The monoisotopic (exact) mass is 486 g/mol. The van der Waals surface area contributed by atoms with Crippen molar-refractivity contribution in [3.63, 3.8) is 0 Å². The number of ether oxygens (including phenoxy) is 2. The summed E-state index contributed by atoms with van der Waals surface area (Å²) in [5.41, 5.74) is 2.72. The molecule has 10 nitrogen and oxygen atoms in total. The SMILES string of the molecule is COc1cccc(OC)c1C(=O)Nc1ccc(-c2nnn(CC(=O)NCCc3ccccc3)n2)cc1. The van der Waals surface area contributed by atoms with Crippen molar-refractivity contribution in [2.45, 2.75) is 13.0 Å². The van der Waals surface area contributed by atoms with Gasteiger partial charge in [0.15, 0.2) is 0 Å². The predicted octanol–water partition coefficient (Wildman–Crippen LogP) is 2.97. The average Bonchev–Trinajstić information content (AvgIpc) is 3.37. The van der Waals surface area contributed by atoms with Crippen molar-refractivity contribution in [1.82, 2.24) is 25.5 Å². The van der Waals surface area contributed by atoms with Crippen molar-refractivity contribution >= 4 is 17.5 Å². The lowest BCUT2D eigenvalue weighted by Gasteiger charge is -2.13. The largest absolute Gasteiger partial charge is 0.496 e. The number of anilines is 1. The average molecular weight is 487 g/mol. The molecule has 0 unspecified atom stereocenters. The van der Waals surface area contributed by atoms with Crippen LogP contribution in [0.2, 0.25) is 0 Å². The summed E-state index contributed by atoms with van der Waals surface area (Å²) in [4.78, 5) is 26.3. The Morgan fingerprint density at radius 3 is 2.25 bits per heavy atom. The maximum Gasteiger partial charge on any atom is 0.263 e. The van der Waals surface area contributed by atoms with Crippen LogP contribution in [0.5, 0.6) is 11.5 Å². The molecule has 0 aliphatic rings. The molecule has 0 radical (unpaired) electrons. The Bertz CT molecular complexity index is 1300. The number of carbonyl (C=O) groups excluding carboxylic acids is 2. The summed E-state index contributed by atoms with van der Waals surface area (Å²) in [6.45, 7) is 0.495. The summed E-state index contributed by atoms with van der Waals surface area (Å²) >= 11 is 0. The molecule has 0 fully saturated rings. The van der Waals surface area contributed by atoms with Crippen molar-refractivity contribution in [2.24, 2.45) is 0 Å². The molecule has 0 aliphatic carbocycles. The summed E-state index contributed by atoms with van der Waals surface area (Å²) in [5.74, 6) is 0.636. The van der Waals surface area contributed by atoms with Crippen LogP contribution in [-0.4, -0.2) is 52.8 Å². The van der Waals surface area contributed by atoms with Crippen LogP contribution in [0.15, 0.2) is 72.8 Å². The lowest BCUT2D eigenvalue weighted by Crippen LogP contribution is -2.30. The number of nitrogens with one attached hydrogen (secondary N) is 2. The van der Waals surface area contributed by atoms with Gasteiger partial charge in [-0.05, 0) is 53.6 Å². The van der Waals surface area contributed by atoms with Gasteiger partial charge in [0.05, 0.1) is 14.2 Å². The number of tetrazole rings is 1. The fraction of sp³-hybridized carbons (Fsp3) is 0.192. The Balaban J connectivity index is 1.34. The molecule has 2 amide bonds. The highest BCUT2D eigenvalue weighted by Crippen LogP contribution is 2.29. The zero-order valence-electron chi connectivity index (χ0n) is 20.0. The number of rotatable bonds is 10. The topological polar surface area (TPSA) is 120 Å². The highest BCUT2D eigenvalue weighted by atomic mass is 16.5. The van der Waals surface area contributed by atoms with E-state index in [2.05, 4.69) is 26.0 Å². The van der Waals surface area contributed by atoms with Crippen LogP contribution in [0.25, 0.3) is 11.4 Å². The summed E-state index contributed by atoms with van der Waals surface area (Å²) in [5, 5.41) is 18.0. The molecule has 0 saturated carbocycles. The van der Waals surface area contributed by atoms with E-state index < -0.39 is 0 Å². The van der Waals surface area contributed by atoms with E-state index in [9.17, 15) is 9.59 Å². The van der Waals surface area contributed by atoms with Gasteiger partial charge in [0.25, 0.3) is 5.91 Å². The molecule has 0 spiro atoms. The van der Waals surface area contributed by atoms with Gasteiger partial charge in [0, 0.05) is 17.8 Å². The molecule has 0 atom stereocenters. The van der Waals surface area contributed by atoms with E-state index in [1.54, 1.807) is 42.5 Å². The van der Waals surface area contributed by atoms with E-state index in [0.717, 1.165) is 12.0 Å². The molecule has 0 aliphatic heterocycles. The van der Waals surface area contributed by atoms with Gasteiger partial charge in [-0.2, -0.15) is 4.80 Å². The smallest absolute Gasteiger partial charge is 0.263 e. The standard InChI is InChI=1S/C26H26N6O4/c1-35-21-9-6-10-22(36-2)24(21)26(34)28-20-13-11-19(12-14-20)25-29-31-32(30-25)17-23(33)27-16-15-18-7-4-3-5-8-18/h3-14H,15-17H2,1-2H3,(H,27,33)(H,28,34). The maximum absolute atomic E-state index is 12.8. The third-order valence-corrected chi connectivity index (χ3v) is 5.37. The second-order valence-corrected chi connectivity index (χ2v) is 7.80. The summed E-state index contributed by atoms with van der Waals surface area (Å²) in [6, 6.07) is 22.0. The number of nitrogens with zero attached hydrogens (tertiary/aromatic N) is 4. The van der Waals surface area contributed by atoms with E-state index in [-0.39, 0.29) is 18.4 Å². The van der Waals surface area contributed by atoms with Gasteiger partial charge in [-0.25, -0.2) is 0 Å². The molecular weight excluding hydrogens is 460 g/mol. The number of amides is 2. The van der Waals surface area contributed by atoms with Crippen LogP contribution in [0.3, 0.4) is 0 Å². The van der Waals surface area contributed by atoms with Crippen LogP contribution < -0.4 is 20.1 Å². The van der Waals surface area contributed by atoms with Crippen LogP contribution in [-0.2, 0) is 17.8 Å². The first-order valence-electron chi connectivity index (χ1n) is 11.3. The van der Waals surface area contributed by atoms with Gasteiger partial charge in [-0.1, -0.05) is 36.4 Å². The number of methoxy groups -OCH3 is 2. The summed E-state index contributed by atoms with van der Waals surface area (Å²) in [7, 11) is 2.99. The van der Waals surface area contributed by atoms with Gasteiger partial charge < -0.3 is 20.1 Å². The van der Waals surface area contributed by atoms with Gasteiger partial charge in [0.1, 0.15) is 23.6 Å². The third-order valence-electron chi connectivity index (χ3n) is 5.37. The molecule has 1 heterocycles. The molecule has 184 valence electrons. The van der Waals surface area contributed by atoms with Crippen molar-refractivity contribution in [3.8, 4) is 22.9 Å². The Morgan fingerprint density at radius 1 is 0.889 bits per heavy atom. The van der Waals surface area contributed by atoms with Crippen LogP contribution in [0.4, 0.5) is 5.69 Å². The molecule has 10 heteroatoms. The van der Waals surface area contributed by atoms with Crippen molar-refractivity contribution in [1.29, 1.82) is 0 Å². The number of aromatic nitrogens is 4. The molecule has 0 bridgehead atoms. The minimum absolute atomic E-state index is 0.0311. The third kappa shape index (κ3) is 6.03. The van der Waals surface area contributed by atoms with Crippen LogP contribution in [0, 0.1) is 0 Å². The second-order valence-electron chi connectivity index (χ2n) is 7.80. The zero-order chi connectivity index (χ0) is 25.3. The highest BCUT2D eigenvalue weighted by Gasteiger charge is 2.18. The minimum atomic E-state index is -0.362. The van der Waals surface area contributed by atoms with E-state index in [1.165, 1.54) is 19.0 Å². The molecule has 4 aromatic rings. The minimum Gasteiger partial charge on any atom is -0.496 e. The lowest BCUT2D eigenvalue weighted by atomic mass is 10.1. The first-order valence-corrected chi connectivity index (χ1v) is 11.3. The molecule has 36 heavy (non-hydrogen) atoms. The predicted molar refractivity (Wildman–Crippen MR) is 134 cm³/mol. The van der Waals surface area contributed by atoms with Gasteiger partial charge in [-0.15, -0.1) is 10.2 Å². The first kappa shape index (κ1) is 24.4. The number of benzene rings is 3.